The molecule has 4 N–H and O–H groups in total. The van der Waals surface area contributed by atoms with Crippen LogP contribution in [-0.2, 0) is 4.74 Å². The van der Waals surface area contributed by atoms with E-state index in [1.807, 2.05) is 6.92 Å². The van der Waals surface area contributed by atoms with Crippen LogP contribution in [0, 0.1) is 11.8 Å². The van der Waals surface area contributed by atoms with Crippen molar-refractivity contribution in [1.29, 1.82) is 0 Å². The lowest BCUT2D eigenvalue weighted by Crippen LogP contribution is -2.38. The number of aliphatic hydroxyl groups is 3. The van der Waals surface area contributed by atoms with Crippen LogP contribution in [0.2, 0.25) is 0 Å². The smallest absolute Gasteiger partial charge is 0.330 e. The predicted molar refractivity (Wildman–Crippen MR) is 71.5 cm³/mol. The summed E-state index contributed by atoms with van der Waals surface area (Å²) in [7, 11) is 0. The van der Waals surface area contributed by atoms with Crippen molar-refractivity contribution in [2.45, 2.75) is 37.9 Å². The molecule has 2 heterocycles. The first kappa shape index (κ1) is 15.5. The highest BCUT2D eigenvalue weighted by Gasteiger charge is 2.43. The van der Waals surface area contributed by atoms with Gasteiger partial charge in [0.1, 0.15) is 23.9 Å². The number of aromatic amines is 1. The molecular formula is C13H16N2O6. The maximum absolute atomic E-state index is 11.8. The van der Waals surface area contributed by atoms with E-state index < -0.39 is 42.4 Å². The molecule has 1 saturated heterocycles. The van der Waals surface area contributed by atoms with Crippen LogP contribution < -0.4 is 11.2 Å². The van der Waals surface area contributed by atoms with E-state index in [4.69, 9.17) is 9.84 Å². The molecule has 21 heavy (non-hydrogen) atoms. The summed E-state index contributed by atoms with van der Waals surface area (Å²) in [5, 5.41) is 28.6. The topological polar surface area (TPSA) is 125 Å². The highest BCUT2D eigenvalue weighted by atomic mass is 16.6. The molecule has 114 valence electrons. The minimum atomic E-state index is -1.40. The highest BCUT2D eigenvalue weighted by molar-refractivity contribution is 5.29. The number of nitrogens with one attached hydrogen (secondary N) is 1. The zero-order valence-corrected chi connectivity index (χ0v) is 11.3. The van der Waals surface area contributed by atoms with Crippen LogP contribution in [0.3, 0.4) is 0 Å². The van der Waals surface area contributed by atoms with E-state index in [0.717, 1.165) is 4.57 Å². The second kappa shape index (κ2) is 6.24. The van der Waals surface area contributed by atoms with Crippen molar-refractivity contribution < 1.29 is 20.1 Å². The van der Waals surface area contributed by atoms with Gasteiger partial charge in [0, 0.05) is 12.6 Å². The molecule has 1 aliphatic rings. The van der Waals surface area contributed by atoms with E-state index in [-0.39, 0.29) is 5.56 Å². The summed E-state index contributed by atoms with van der Waals surface area (Å²) in [6.07, 6.45) is -3.24. The number of hydrogen-bond donors (Lipinski definition) is 4. The molecule has 1 fully saturated rings. The van der Waals surface area contributed by atoms with Gasteiger partial charge in [0.25, 0.3) is 5.56 Å². The zero-order chi connectivity index (χ0) is 15.6. The fourth-order valence-electron chi connectivity index (χ4n) is 2.06. The molecule has 0 amide bonds. The Labute approximate surface area is 119 Å². The highest BCUT2D eigenvalue weighted by Crippen LogP contribution is 2.27. The lowest BCUT2D eigenvalue weighted by molar-refractivity contribution is -0.0550. The van der Waals surface area contributed by atoms with Crippen LogP contribution in [-0.4, -0.2) is 49.8 Å². The average molecular weight is 296 g/mol. The van der Waals surface area contributed by atoms with E-state index in [2.05, 4.69) is 16.8 Å². The maximum atomic E-state index is 11.8. The number of nitrogens with zero attached hydrogens (tertiary/aromatic N) is 1. The molecule has 1 aromatic rings. The van der Waals surface area contributed by atoms with Crippen molar-refractivity contribution in [2.75, 3.05) is 6.61 Å². The molecule has 0 radical (unpaired) electrons. The molecule has 8 heteroatoms. The minimum absolute atomic E-state index is 0.0502. The van der Waals surface area contributed by atoms with Crippen LogP contribution in [0.4, 0.5) is 0 Å². The van der Waals surface area contributed by atoms with E-state index >= 15 is 0 Å². The number of H-pyrrole nitrogens is 1. The lowest BCUT2D eigenvalue weighted by atomic mass is 10.1. The van der Waals surface area contributed by atoms with Crippen LogP contribution >= 0.6 is 0 Å². The summed E-state index contributed by atoms with van der Waals surface area (Å²) in [5.41, 5.74) is -1.38. The SMILES string of the molecule is CCC#Cc1cn(C2O[C@H](CO)[C@@H](O)[C@@H]2O)c(=O)[nH]c1=O. The molecule has 4 atom stereocenters. The van der Waals surface area contributed by atoms with E-state index in [9.17, 15) is 19.8 Å². The van der Waals surface area contributed by atoms with Gasteiger partial charge in [-0.05, 0) is 0 Å². The third kappa shape index (κ3) is 2.91. The Bertz CT molecular complexity index is 682. The Morgan fingerprint density at radius 1 is 1.38 bits per heavy atom. The van der Waals surface area contributed by atoms with Gasteiger partial charge in [0.05, 0.1) is 6.61 Å². The fraction of sp³-hybridized carbons (Fsp3) is 0.538. The van der Waals surface area contributed by atoms with Gasteiger partial charge in [-0.3, -0.25) is 14.3 Å². The standard InChI is InChI=1S/C13H16N2O6/c1-2-3-4-7-5-15(13(20)14-11(7)19)12-10(18)9(17)8(6-16)21-12/h5,8-10,12,16-18H,2,6H2,1H3,(H,14,19,20)/t8-,9-,10+,12?/m1/s1. The molecule has 0 spiro atoms. The van der Waals surface area contributed by atoms with E-state index in [1.54, 1.807) is 0 Å². The van der Waals surface area contributed by atoms with Gasteiger partial charge in [-0.25, -0.2) is 4.79 Å². The Kier molecular flexibility index (Phi) is 4.59. The zero-order valence-electron chi connectivity index (χ0n) is 11.3. The molecule has 0 bridgehead atoms. The molecule has 2 rings (SSSR count). The van der Waals surface area contributed by atoms with Crippen molar-refractivity contribution in [3.63, 3.8) is 0 Å². The summed E-state index contributed by atoms with van der Waals surface area (Å²) in [6, 6.07) is 0. The quantitative estimate of drug-likeness (QED) is 0.464. The average Bonchev–Trinajstić information content (AvgIpc) is 2.74. The number of rotatable bonds is 2. The molecular weight excluding hydrogens is 280 g/mol. The summed E-state index contributed by atoms with van der Waals surface area (Å²) in [6.45, 7) is 1.30. The fourth-order valence-corrected chi connectivity index (χ4v) is 2.06. The lowest BCUT2D eigenvalue weighted by Gasteiger charge is -2.17. The van der Waals surface area contributed by atoms with Crippen molar-refractivity contribution in [2.24, 2.45) is 0 Å². The molecule has 0 aliphatic carbocycles. The van der Waals surface area contributed by atoms with E-state index in [0.29, 0.717) is 6.42 Å². The van der Waals surface area contributed by atoms with Gasteiger partial charge in [-0.15, -0.1) is 0 Å². The van der Waals surface area contributed by atoms with Gasteiger partial charge in [0.2, 0.25) is 0 Å². The largest absolute Gasteiger partial charge is 0.394 e. The summed E-state index contributed by atoms with van der Waals surface area (Å²) in [4.78, 5) is 25.5. The third-order valence-corrected chi connectivity index (χ3v) is 3.16. The number of aromatic nitrogens is 2. The Balaban J connectivity index is 2.45. The van der Waals surface area contributed by atoms with Crippen molar-refractivity contribution in [1.82, 2.24) is 9.55 Å². The molecule has 8 nitrogen and oxygen atoms in total. The molecule has 0 saturated carbocycles. The maximum Gasteiger partial charge on any atom is 0.330 e. The van der Waals surface area contributed by atoms with Gasteiger partial charge >= 0.3 is 5.69 Å². The van der Waals surface area contributed by atoms with Crippen LogP contribution in [0.1, 0.15) is 25.1 Å². The Morgan fingerprint density at radius 3 is 2.67 bits per heavy atom. The summed E-state index contributed by atoms with van der Waals surface area (Å²) < 4.78 is 6.19. The molecule has 1 aromatic heterocycles. The molecule has 1 unspecified atom stereocenters. The summed E-state index contributed by atoms with van der Waals surface area (Å²) >= 11 is 0. The third-order valence-electron chi connectivity index (χ3n) is 3.16. The van der Waals surface area contributed by atoms with Gasteiger partial charge in [-0.2, -0.15) is 0 Å². The first-order valence-corrected chi connectivity index (χ1v) is 6.46. The van der Waals surface area contributed by atoms with Crippen LogP contribution in [0.5, 0.6) is 0 Å². The second-order valence-electron chi connectivity index (χ2n) is 4.59. The predicted octanol–water partition coefficient (Wildman–Crippen LogP) is -2.09. The van der Waals surface area contributed by atoms with E-state index in [1.165, 1.54) is 6.20 Å². The van der Waals surface area contributed by atoms with Crippen molar-refractivity contribution in [3.05, 3.63) is 32.6 Å². The monoisotopic (exact) mass is 296 g/mol. The van der Waals surface area contributed by atoms with Crippen LogP contribution in [0.25, 0.3) is 0 Å². The molecule has 0 aromatic carbocycles. The summed E-state index contributed by atoms with van der Waals surface area (Å²) in [5.74, 6) is 5.31. The molecule has 1 aliphatic heterocycles. The van der Waals surface area contributed by atoms with Gasteiger partial charge in [0.15, 0.2) is 6.23 Å². The first-order chi connectivity index (χ1) is 9.99. The second-order valence-corrected chi connectivity index (χ2v) is 4.59. The Morgan fingerprint density at radius 2 is 2.10 bits per heavy atom. The minimum Gasteiger partial charge on any atom is -0.394 e. The Hall–Kier alpha value is -1.92. The first-order valence-electron chi connectivity index (χ1n) is 6.46. The normalized spacial score (nSPS) is 28.2. The number of aliphatic hydroxyl groups excluding tert-OH is 3. The number of hydrogen-bond acceptors (Lipinski definition) is 6. The van der Waals surface area contributed by atoms with Crippen molar-refractivity contribution in [3.8, 4) is 11.8 Å². The van der Waals surface area contributed by atoms with Crippen LogP contribution in [0.15, 0.2) is 15.8 Å². The van der Waals surface area contributed by atoms with Crippen molar-refractivity contribution >= 4 is 0 Å². The van der Waals surface area contributed by atoms with Gasteiger partial charge < -0.3 is 20.1 Å². The number of ether oxygens (including phenoxy) is 1. The van der Waals surface area contributed by atoms with Gasteiger partial charge in [-0.1, -0.05) is 18.8 Å².